The third-order valence-corrected chi connectivity index (χ3v) is 3.61. The first kappa shape index (κ1) is 14.6. The lowest BCUT2D eigenvalue weighted by Gasteiger charge is -2.25. The second-order valence-electron chi connectivity index (χ2n) is 5.24. The maximum Gasteiger partial charge on any atom is 0.287 e. The second kappa shape index (κ2) is 5.82. The fourth-order valence-corrected chi connectivity index (χ4v) is 2.40. The molecule has 0 aliphatic carbocycles. The van der Waals surface area contributed by atoms with Crippen molar-refractivity contribution in [1.29, 1.82) is 0 Å². The molecule has 0 atom stereocenters. The molecule has 3 rings (SSSR count). The number of carbonyl (C=O) groups excluding carboxylic acids is 1. The monoisotopic (exact) mass is 302 g/mol. The van der Waals surface area contributed by atoms with Crippen molar-refractivity contribution in [1.82, 2.24) is 5.06 Å². The van der Waals surface area contributed by atoms with Crippen LogP contribution < -0.4 is 5.73 Å². The van der Waals surface area contributed by atoms with Gasteiger partial charge < -0.3 is 20.0 Å². The van der Waals surface area contributed by atoms with Crippen LogP contribution >= 0.6 is 0 Å². The summed E-state index contributed by atoms with van der Waals surface area (Å²) in [6, 6.07) is 7.90. The quantitative estimate of drug-likeness (QED) is 0.913. The van der Waals surface area contributed by atoms with Gasteiger partial charge in [0.1, 0.15) is 0 Å². The summed E-state index contributed by atoms with van der Waals surface area (Å²) in [6.07, 6.45) is 5.00. The first-order valence-corrected chi connectivity index (χ1v) is 7.07. The molecule has 0 bridgehead atoms. The van der Waals surface area contributed by atoms with Gasteiger partial charge in [0.05, 0.1) is 19.8 Å². The minimum atomic E-state index is -0.665. The number of primary amides is 1. The van der Waals surface area contributed by atoms with Gasteiger partial charge in [-0.25, -0.2) is 5.06 Å². The molecule has 0 saturated carbocycles. The van der Waals surface area contributed by atoms with E-state index in [-0.39, 0.29) is 5.76 Å². The summed E-state index contributed by atoms with van der Waals surface area (Å²) >= 11 is 0. The first-order chi connectivity index (χ1) is 10.6. The predicted molar refractivity (Wildman–Crippen MR) is 78.7 cm³/mol. The van der Waals surface area contributed by atoms with Crippen molar-refractivity contribution < 1.29 is 19.1 Å². The van der Waals surface area contributed by atoms with E-state index in [4.69, 9.17) is 20.0 Å². The van der Waals surface area contributed by atoms with Crippen LogP contribution in [0.25, 0.3) is 0 Å². The largest absolute Gasteiger partial charge is 0.374 e. The van der Waals surface area contributed by atoms with Crippen LogP contribution in [-0.2, 0) is 31.4 Å². The number of hydroxylamine groups is 2. The van der Waals surface area contributed by atoms with Gasteiger partial charge in [0, 0.05) is 11.8 Å². The van der Waals surface area contributed by atoms with Crippen LogP contribution in [0.2, 0.25) is 0 Å². The molecule has 1 amide bonds. The lowest BCUT2D eigenvalue weighted by Crippen LogP contribution is -2.26. The van der Waals surface area contributed by atoms with Crippen LogP contribution in [0.1, 0.15) is 18.1 Å². The molecule has 2 aliphatic heterocycles. The Labute approximate surface area is 128 Å². The number of hydrogen-bond acceptors (Lipinski definition) is 5. The van der Waals surface area contributed by atoms with E-state index >= 15 is 0 Å². The highest BCUT2D eigenvalue weighted by atomic mass is 16.7. The number of amides is 1. The van der Waals surface area contributed by atoms with Gasteiger partial charge in [0.25, 0.3) is 5.91 Å². The van der Waals surface area contributed by atoms with Gasteiger partial charge in [-0.1, -0.05) is 24.3 Å². The number of hydrogen-bond donors (Lipinski definition) is 1. The molecule has 22 heavy (non-hydrogen) atoms. The molecule has 6 heteroatoms. The number of benzene rings is 1. The van der Waals surface area contributed by atoms with Gasteiger partial charge in [-0.3, -0.25) is 4.79 Å². The van der Waals surface area contributed by atoms with E-state index < -0.39 is 11.7 Å². The van der Waals surface area contributed by atoms with E-state index in [1.165, 1.54) is 6.08 Å². The van der Waals surface area contributed by atoms with Crippen molar-refractivity contribution in [3.8, 4) is 0 Å². The Kier molecular flexibility index (Phi) is 3.87. The number of rotatable bonds is 4. The summed E-state index contributed by atoms with van der Waals surface area (Å²) in [7, 11) is 0. The van der Waals surface area contributed by atoms with E-state index in [0.717, 1.165) is 11.1 Å². The Hall–Kier alpha value is -2.31. The van der Waals surface area contributed by atoms with Crippen LogP contribution in [0.3, 0.4) is 0 Å². The highest BCUT2D eigenvalue weighted by molar-refractivity contribution is 5.90. The summed E-state index contributed by atoms with van der Waals surface area (Å²) in [4.78, 5) is 16.5. The molecule has 6 nitrogen and oxygen atoms in total. The van der Waals surface area contributed by atoms with Gasteiger partial charge >= 0.3 is 0 Å². The van der Waals surface area contributed by atoms with Crippen LogP contribution in [0.15, 0.2) is 48.4 Å². The SMILES string of the molecule is CC1(c2ccc(CN3C=CC=C(C(N)=O)O3)cc2)OCCO1. The van der Waals surface area contributed by atoms with Crippen molar-refractivity contribution in [3.63, 3.8) is 0 Å². The van der Waals surface area contributed by atoms with Crippen molar-refractivity contribution in [2.45, 2.75) is 19.3 Å². The molecule has 0 spiro atoms. The summed E-state index contributed by atoms with van der Waals surface area (Å²) in [5.41, 5.74) is 7.21. The zero-order valence-electron chi connectivity index (χ0n) is 12.3. The zero-order valence-corrected chi connectivity index (χ0v) is 12.3. The average Bonchev–Trinajstić information content (AvgIpc) is 2.96. The Morgan fingerprint density at radius 1 is 1.27 bits per heavy atom. The number of carbonyl (C=O) groups is 1. The lowest BCUT2D eigenvalue weighted by atomic mass is 10.1. The molecular formula is C16H18N2O4. The minimum Gasteiger partial charge on any atom is -0.374 e. The van der Waals surface area contributed by atoms with E-state index in [9.17, 15) is 4.79 Å². The standard InChI is InChI=1S/C16H18N2O4/c1-16(20-9-10-21-16)13-6-4-12(5-7-13)11-18-8-2-3-14(22-18)15(17)19/h2-8H,9-11H2,1H3,(H2,17,19). The predicted octanol–water partition coefficient (Wildman–Crippen LogP) is 1.54. The van der Waals surface area contributed by atoms with Crippen molar-refractivity contribution in [2.24, 2.45) is 5.73 Å². The van der Waals surface area contributed by atoms with Crippen molar-refractivity contribution in [2.75, 3.05) is 13.2 Å². The molecule has 1 aromatic carbocycles. The Morgan fingerprint density at radius 2 is 1.95 bits per heavy atom. The zero-order chi connectivity index (χ0) is 15.6. The molecule has 2 N–H and O–H groups in total. The smallest absolute Gasteiger partial charge is 0.287 e. The molecule has 2 heterocycles. The molecule has 1 aromatic rings. The van der Waals surface area contributed by atoms with Crippen LogP contribution in [0.4, 0.5) is 0 Å². The first-order valence-electron chi connectivity index (χ1n) is 7.07. The highest BCUT2D eigenvalue weighted by Gasteiger charge is 2.32. The number of ether oxygens (including phenoxy) is 2. The minimum absolute atomic E-state index is 0.124. The molecule has 2 aliphatic rings. The van der Waals surface area contributed by atoms with Crippen LogP contribution in [-0.4, -0.2) is 24.2 Å². The molecule has 1 saturated heterocycles. The van der Waals surface area contributed by atoms with Gasteiger partial charge in [-0.2, -0.15) is 0 Å². The van der Waals surface area contributed by atoms with E-state index in [2.05, 4.69) is 0 Å². The molecular weight excluding hydrogens is 284 g/mol. The fourth-order valence-electron chi connectivity index (χ4n) is 2.40. The summed E-state index contributed by atoms with van der Waals surface area (Å²) < 4.78 is 11.3. The lowest BCUT2D eigenvalue weighted by molar-refractivity contribution is -0.149. The van der Waals surface area contributed by atoms with E-state index in [1.54, 1.807) is 17.3 Å². The molecule has 0 radical (unpaired) electrons. The number of nitrogens with two attached hydrogens (primary N) is 1. The fraction of sp³-hybridized carbons (Fsp3) is 0.312. The van der Waals surface area contributed by atoms with Gasteiger partial charge in [0.15, 0.2) is 5.79 Å². The Bertz CT molecular complexity index is 616. The molecule has 116 valence electrons. The third-order valence-electron chi connectivity index (χ3n) is 3.61. The number of nitrogens with zero attached hydrogens (tertiary/aromatic N) is 1. The Balaban J connectivity index is 1.66. The van der Waals surface area contributed by atoms with E-state index in [1.807, 2.05) is 31.2 Å². The van der Waals surface area contributed by atoms with Crippen LogP contribution in [0, 0.1) is 0 Å². The summed E-state index contributed by atoms with van der Waals surface area (Å²) in [6.45, 7) is 3.62. The summed E-state index contributed by atoms with van der Waals surface area (Å²) in [5.74, 6) is -1.13. The highest BCUT2D eigenvalue weighted by Crippen LogP contribution is 2.30. The van der Waals surface area contributed by atoms with Gasteiger partial charge in [0.2, 0.25) is 5.76 Å². The normalized spacial score (nSPS) is 19.7. The summed E-state index contributed by atoms with van der Waals surface area (Å²) in [5, 5.41) is 1.55. The molecule has 0 aromatic heterocycles. The van der Waals surface area contributed by atoms with Gasteiger partial charge in [-0.05, 0) is 24.6 Å². The maximum atomic E-state index is 11.1. The average molecular weight is 302 g/mol. The van der Waals surface area contributed by atoms with E-state index in [0.29, 0.717) is 19.8 Å². The number of allylic oxidation sites excluding steroid dienone is 2. The Morgan fingerprint density at radius 3 is 2.59 bits per heavy atom. The van der Waals surface area contributed by atoms with Gasteiger partial charge in [-0.15, -0.1) is 0 Å². The van der Waals surface area contributed by atoms with Crippen LogP contribution in [0.5, 0.6) is 0 Å². The molecule has 0 unspecified atom stereocenters. The van der Waals surface area contributed by atoms with Crippen molar-refractivity contribution >= 4 is 5.91 Å². The topological polar surface area (TPSA) is 74.0 Å². The van der Waals surface area contributed by atoms with Crippen molar-refractivity contribution in [3.05, 3.63) is 59.5 Å². The molecule has 1 fully saturated rings. The third kappa shape index (κ3) is 2.98. The second-order valence-corrected chi connectivity index (χ2v) is 5.24. The maximum absolute atomic E-state index is 11.1.